The summed E-state index contributed by atoms with van der Waals surface area (Å²) in [5.41, 5.74) is 2.59. The van der Waals surface area contributed by atoms with E-state index in [1.165, 1.54) is 7.11 Å². The Labute approximate surface area is 123 Å². The van der Waals surface area contributed by atoms with E-state index in [0.29, 0.717) is 12.2 Å². The van der Waals surface area contributed by atoms with E-state index >= 15 is 0 Å². The highest BCUT2D eigenvalue weighted by Gasteiger charge is 2.20. The molecule has 1 atom stereocenters. The van der Waals surface area contributed by atoms with Crippen LogP contribution in [0.3, 0.4) is 0 Å². The number of carbonyl (C=O) groups is 1. The van der Waals surface area contributed by atoms with E-state index in [1.54, 1.807) is 6.07 Å². The van der Waals surface area contributed by atoms with Gasteiger partial charge in [-0.25, -0.2) is 4.79 Å². The molecule has 1 unspecified atom stereocenters. The van der Waals surface area contributed by atoms with E-state index in [1.807, 2.05) is 36.4 Å². The molecule has 0 saturated heterocycles. The Morgan fingerprint density at radius 1 is 1.24 bits per heavy atom. The van der Waals surface area contributed by atoms with Crippen LogP contribution in [0.15, 0.2) is 48.5 Å². The molecule has 2 aromatic carbocycles. The minimum atomic E-state index is -0.328. The van der Waals surface area contributed by atoms with Crippen LogP contribution in [-0.4, -0.2) is 19.7 Å². The molecular formula is C17H17NO3. The molecule has 21 heavy (non-hydrogen) atoms. The number of hydrogen-bond donors (Lipinski definition) is 1. The Morgan fingerprint density at radius 3 is 2.95 bits per heavy atom. The van der Waals surface area contributed by atoms with Crippen LogP contribution in [0.1, 0.15) is 28.4 Å². The maximum absolute atomic E-state index is 11.6. The topological polar surface area (TPSA) is 47.6 Å². The van der Waals surface area contributed by atoms with Gasteiger partial charge in [-0.15, -0.1) is 0 Å². The molecule has 4 heteroatoms. The van der Waals surface area contributed by atoms with Gasteiger partial charge in [-0.05, 0) is 24.3 Å². The third kappa shape index (κ3) is 2.84. The van der Waals surface area contributed by atoms with Crippen molar-refractivity contribution in [3.8, 4) is 5.75 Å². The molecule has 1 N–H and O–H groups in total. The predicted octanol–water partition coefficient (Wildman–Crippen LogP) is 3.41. The zero-order valence-electron chi connectivity index (χ0n) is 11.8. The molecule has 0 spiro atoms. The average Bonchev–Trinajstić information content (AvgIpc) is 2.55. The summed E-state index contributed by atoms with van der Waals surface area (Å²) in [5.74, 6) is 0.594. The summed E-state index contributed by atoms with van der Waals surface area (Å²) < 4.78 is 10.4. The smallest absolute Gasteiger partial charge is 0.337 e. The number of para-hydroxylation sites is 1. The van der Waals surface area contributed by atoms with Crippen molar-refractivity contribution in [2.24, 2.45) is 0 Å². The maximum Gasteiger partial charge on any atom is 0.337 e. The summed E-state index contributed by atoms with van der Waals surface area (Å²) in [6.45, 7) is 0.686. The Bertz CT molecular complexity index is 654. The molecule has 0 radical (unpaired) electrons. The highest BCUT2D eigenvalue weighted by molar-refractivity contribution is 5.90. The van der Waals surface area contributed by atoms with Gasteiger partial charge in [0.1, 0.15) is 5.75 Å². The van der Waals surface area contributed by atoms with E-state index in [9.17, 15) is 4.79 Å². The maximum atomic E-state index is 11.6. The number of esters is 1. The summed E-state index contributed by atoms with van der Waals surface area (Å²) in [4.78, 5) is 11.6. The Hall–Kier alpha value is -2.49. The van der Waals surface area contributed by atoms with Crippen LogP contribution in [0.5, 0.6) is 5.75 Å². The summed E-state index contributed by atoms with van der Waals surface area (Å²) in [5, 5.41) is 3.47. The van der Waals surface area contributed by atoms with Crippen LogP contribution in [0.2, 0.25) is 0 Å². The second-order valence-electron chi connectivity index (χ2n) is 4.94. The number of hydrogen-bond acceptors (Lipinski definition) is 4. The van der Waals surface area contributed by atoms with Gasteiger partial charge < -0.3 is 14.8 Å². The van der Waals surface area contributed by atoms with Gasteiger partial charge >= 0.3 is 5.97 Å². The first-order valence-electron chi connectivity index (χ1n) is 6.94. The summed E-state index contributed by atoms with van der Waals surface area (Å²) in [6.07, 6.45) is 0.888. The molecular weight excluding hydrogens is 266 g/mol. The van der Waals surface area contributed by atoms with E-state index in [4.69, 9.17) is 9.47 Å². The third-order valence-corrected chi connectivity index (χ3v) is 3.58. The summed E-state index contributed by atoms with van der Waals surface area (Å²) in [7, 11) is 1.39. The van der Waals surface area contributed by atoms with Gasteiger partial charge in [0.05, 0.1) is 25.3 Å². The molecule has 1 aliphatic heterocycles. The van der Waals surface area contributed by atoms with Crippen LogP contribution in [0.4, 0.5) is 5.69 Å². The molecule has 0 saturated carbocycles. The van der Waals surface area contributed by atoms with Crippen LogP contribution in [0, 0.1) is 0 Å². The first-order valence-corrected chi connectivity index (χ1v) is 6.94. The Kier molecular flexibility index (Phi) is 3.77. The normalized spacial score (nSPS) is 16.5. The van der Waals surface area contributed by atoms with Crippen LogP contribution >= 0.6 is 0 Å². The molecule has 3 rings (SSSR count). The van der Waals surface area contributed by atoms with Gasteiger partial charge in [0, 0.05) is 17.7 Å². The van der Waals surface area contributed by atoms with E-state index < -0.39 is 0 Å². The molecule has 2 aromatic rings. The largest absolute Gasteiger partial charge is 0.493 e. The lowest BCUT2D eigenvalue weighted by molar-refractivity contribution is 0.0601. The van der Waals surface area contributed by atoms with Crippen LogP contribution < -0.4 is 10.1 Å². The van der Waals surface area contributed by atoms with Gasteiger partial charge in [0.2, 0.25) is 0 Å². The zero-order chi connectivity index (χ0) is 14.7. The van der Waals surface area contributed by atoms with Gasteiger partial charge in [0.15, 0.2) is 0 Å². The number of rotatable bonds is 3. The van der Waals surface area contributed by atoms with Gasteiger partial charge in [-0.1, -0.05) is 24.3 Å². The second kappa shape index (κ2) is 5.87. The molecule has 1 heterocycles. The number of carbonyl (C=O) groups excluding carboxylic acids is 1. The quantitative estimate of drug-likeness (QED) is 0.877. The van der Waals surface area contributed by atoms with Gasteiger partial charge in [0.25, 0.3) is 0 Å². The highest BCUT2D eigenvalue weighted by atomic mass is 16.5. The van der Waals surface area contributed by atoms with Crippen LogP contribution in [-0.2, 0) is 4.74 Å². The highest BCUT2D eigenvalue weighted by Crippen LogP contribution is 2.34. The van der Waals surface area contributed by atoms with E-state index in [2.05, 4.69) is 11.4 Å². The Balaban J connectivity index is 1.83. The van der Waals surface area contributed by atoms with Crippen molar-refractivity contribution >= 4 is 11.7 Å². The summed E-state index contributed by atoms with van der Waals surface area (Å²) >= 11 is 0. The molecule has 0 aliphatic carbocycles. The van der Waals surface area contributed by atoms with E-state index in [0.717, 1.165) is 23.4 Å². The SMILES string of the molecule is COC(=O)c1cccc(NC2CCOc3ccccc32)c1. The number of nitrogens with one attached hydrogen (secondary N) is 1. The zero-order valence-corrected chi connectivity index (χ0v) is 11.8. The lowest BCUT2D eigenvalue weighted by Gasteiger charge is -2.27. The number of ether oxygens (including phenoxy) is 2. The first kappa shape index (κ1) is 13.5. The number of benzene rings is 2. The molecule has 108 valence electrons. The minimum absolute atomic E-state index is 0.183. The molecule has 4 nitrogen and oxygen atoms in total. The third-order valence-electron chi connectivity index (χ3n) is 3.58. The predicted molar refractivity (Wildman–Crippen MR) is 80.7 cm³/mol. The lowest BCUT2D eigenvalue weighted by atomic mass is 10.00. The van der Waals surface area contributed by atoms with Crippen molar-refractivity contribution in [3.63, 3.8) is 0 Å². The lowest BCUT2D eigenvalue weighted by Crippen LogP contribution is -2.20. The van der Waals surface area contributed by atoms with Crippen molar-refractivity contribution in [2.75, 3.05) is 19.0 Å². The second-order valence-corrected chi connectivity index (χ2v) is 4.94. The van der Waals surface area contributed by atoms with Crippen LogP contribution in [0.25, 0.3) is 0 Å². The van der Waals surface area contributed by atoms with Crippen molar-refractivity contribution in [1.29, 1.82) is 0 Å². The van der Waals surface area contributed by atoms with Crippen molar-refractivity contribution < 1.29 is 14.3 Å². The summed E-state index contributed by atoms with van der Waals surface area (Å²) in [6, 6.07) is 15.6. The monoisotopic (exact) mass is 283 g/mol. The van der Waals surface area contributed by atoms with Crippen molar-refractivity contribution in [1.82, 2.24) is 0 Å². The van der Waals surface area contributed by atoms with Gasteiger partial charge in [-0.2, -0.15) is 0 Å². The molecule has 0 fully saturated rings. The fourth-order valence-electron chi connectivity index (χ4n) is 2.55. The molecule has 0 aromatic heterocycles. The fourth-order valence-corrected chi connectivity index (χ4v) is 2.55. The molecule has 1 aliphatic rings. The minimum Gasteiger partial charge on any atom is -0.493 e. The molecule has 0 amide bonds. The fraction of sp³-hybridized carbons (Fsp3) is 0.235. The standard InChI is InChI=1S/C17H17NO3/c1-20-17(19)12-5-4-6-13(11-12)18-15-9-10-21-16-8-3-2-7-14(15)16/h2-8,11,15,18H,9-10H2,1H3. The number of anilines is 1. The first-order chi connectivity index (χ1) is 10.3. The average molecular weight is 283 g/mol. The van der Waals surface area contributed by atoms with Crippen molar-refractivity contribution in [3.05, 3.63) is 59.7 Å². The number of methoxy groups -OCH3 is 1. The van der Waals surface area contributed by atoms with E-state index in [-0.39, 0.29) is 12.0 Å². The Morgan fingerprint density at radius 2 is 2.10 bits per heavy atom. The molecule has 0 bridgehead atoms. The van der Waals surface area contributed by atoms with Gasteiger partial charge in [-0.3, -0.25) is 0 Å². The number of fused-ring (bicyclic) bond motifs is 1. The van der Waals surface area contributed by atoms with Crippen molar-refractivity contribution in [2.45, 2.75) is 12.5 Å².